The van der Waals surface area contributed by atoms with Crippen LogP contribution in [0, 0.1) is 5.92 Å². The van der Waals surface area contributed by atoms with Crippen LogP contribution in [0.3, 0.4) is 0 Å². The van der Waals surface area contributed by atoms with E-state index in [1.165, 1.54) is 12.8 Å². The summed E-state index contributed by atoms with van der Waals surface area (Å²) in [4.78, 5) is 11.0. The zero-order valence-electron chi connectivity index (χ0n) is 11.2. The van der Waals surface area contributed by atoms with E-state index in [9.17, 15) is 4.79 Å². The van der Waals surface area contributed by atoms with E-state index >= 15 is 0 Å². The minimum atomic E-state index is -0.938. The Bertz CT molecular complexity index is 619. The lowest BCUT2D eigenvalue weighted by Crippen LogP contribution is -2.06. The molecule has 0 saturated heterocycles. The molecule has 20 heavy (non-hydrogen) atoms. The third-order valence-electron chi connectivity index (χ3n) is 3.47. The zero-order valence-corrected chi connectivity index (χ0v) is 11.2. The van der Waals surface area contributed by atoms with Crippen LogP contribution in [0.4, 0.5) is 0 Å². The number of fused-ring (bicyclic) bond motifs is 1. The Balaban J connectivity index is 1.61. The van der Waals surface area contributed by atoms with Gasteiger partial charge in [0.25, 0.3) is 0 Å². The molecule has 1 heterocycles. The van der Waals surface area contributed by atoms with Gasteiger partial charge in [-0.05, 0) is 43.4 Å². The Labute approximate surface area is 116 Å². The Morgan fingerprint density at radius 2 is 2.30 bits per heavy atom. The molecule has 0 amide bonds. The maximum Gasteiger partial charge on any atom is 0.335 e. The number of hydrogen-bond donors (Lipinski definition) is 1. The fourth-order valence-corrected chi connectivity index (χ4v) is 2.11. The molecule has 1 fully saturated rings. The quantitative estimate of drug-likeness (QED) is 0.781. The molecule has 0 aliphatic heterocycles. The second-order valence-corrected chi connectivity index (χ2v) is 5.19. The third-order valence-corrected chi connectivity index (χ3v) is 3.47. The molecule has 1 N–H and O–H groups in total. The second kappa shape index (κ2) is 5.58. The summed E-state index contributed by atoms with van der Waals surface area (Å²) in [5.41, 5.74) is 1.73. The first-order chi connectivity index (χ1) is 9.74. The highest BCUT2D eigenvalue weighted by molar-refractivity contribution is 5.92. The monoisotopic (exact) mass is 275 g/mol. The van der Waals surface area contributed by atoms with Crippen LogP contribution in [0.1, 0.15) is 29.6 Å². The van der Waals surface area contributed by atoms with E-state index in [4.69, 9.17) is 9.84 Å². The van der Waals surface area contributed by atoms with Crippen molar-refractivity contribution < 1.29 is 14.6 Å². The van der Waals surface area contributed by atoms with Gasteiger partial charge in [-0.1, -0.05) is 5.21 Å². The summed E-state index contributed by atoms with van der Waals surface area (Å²) >= 11 is 0. The molecule has 2 aromatic rings. The Morgan fingerprint density at radius 1 is 1.45 bits per heavy atom. The first-order valence-electron chi connectivity index (χ1n) is 6.88. The molecule has 1 aliphatic carbocycles. The van der Waals surface area contributed by atoms with Gasteiger partial charge < -0.3 is 9.84 Å². The Hall–Kier alpha value is -1.95. The lowest BCUT2D eigenvalue weighted by atomic mass is 10.2. The summed E-state index contributed by atoms with van der Waals surface area (Å²) in [5.74, 6) is -0.159. The van der Waals surface area contributed by atoms with Gasteiger partial charge in [0, 0.05) is 19.8 Å². The molecule has 6 heteroatoms. The summed E-state index contributed by atoms with van der Waals surface area (Å²) in [6.07, 6.45) is 3.44. The third kappa shape index (κ3) is 2.96. The highest BCUT2D eigenvalue weighted by Gasteiger charge is 2.20. The van der Waals surface area contributed by atoms with E-state index in [-0.39, 0.29) is 5.56 Å². The normalized spacial score (nSPS) is 14.8. The van der Waals surface area contributed by atoms with Gasteiger partial charge >= 0.3 is 5.97 Å². The minimum Gasteiger partial charge on any atom is -0.478 e. The number of aromatic nitrogens is 3. The van der Waals surface area contributed by atoms with E-state index in [2.05, 4.69) is 10.3 Å². The molecular formula is C14H17N3O3. The van der Waals surface area contributed by atoms with Gasteiger partial charge in [-0.15, -0.1) is 5.10 Å². The van der Waals surface area contributed by atoms with Crippen LogP contribution in [0.5, 0.6) is 0 Å². The van der Waals surface area contributed by atoms with Crippen molar-refractivity contribution in [3.05, 3.63) is 23.8 Å². The van der Waals surface area contributed by atoms with Crippen LogP contribution in [0.25, 0.3) is 11.0 Å². The molecule has 0 atom stereocenters. The number of carbonyl (C=O) groups is 1. The summed E-state index contributed by atoms with van der Waals surface area (Å²) in [6, 6.07) is 4.84. The Kier molecular flexibility index (Phi) is 3.64. The minimum absolute atomic E-state index is 0.256. The molecule has 1 aromatic heterocycles. The van der Waals surface area contributed by atoms with Crippen LogP contribution in [-0.4, -0.2) is 39.3 Å². The molecule has 1 aliphatic rings. The number of aryl methyl sites for hydroxylation is 1. The van der Waals surface area contributed by atoms with Gasteiger partial charge in [0.2, 0.25) is 0 Å². The molecule has 0 radical (unpaired) electrons. The van der Waals surface area contributed by atoms with Gasteiger partial charge in [-0.25, -0.2) is 9.48 Å². The lowest BCUT2D eigenvalue weighted by molar-refractivity contribution is 0.0697. The van der Waals surface area contributed by atoms with Crippen LogP contribution in [0.15, 0.2) is 18.2 Å². The van der Waals surface area contributed by atoms with Crippen molar-refractivity contribution in [3.8, 4) is 0 Å². The first-order valence-corrected chi connectivity index (χ1v) is 6.88. The van der Waals surface area contributed by atoms with E-state index in [0.29, 0.717) is 18.7 Å². The molecular weight excluding hydrogens is 258 g/mol. The molecule has 106 valence electrons. The molecule has 3 rings (SSSR count). The van der Waals surface area contributed by atoms with Crippen molar-refractivity contribution in [2.75, 3.05) is 13.2 Å². The second-order valence-electron chi connectivity index (χ2n) is 5.19. The van der Waals surface area contributed by atoms with Gasteiger partial charge in [0.1, 0.15) is 5.52 Å². The molecule has 1 saturated carbocycles. The fraction of sp³-hybridized carbons (Fsp3) is 0.500. The molecule has 0 unspecified atom stereocenters. The average molecular weight is 275 g/mol. The van der Waals surface area contributed by atoms with Crippen molar-refractivity contribution in [2.45, 2.75) is 25.8 Å². The van der Waals surface area contributed by atoms with Gasteiger partial charge in [0.05, 0.1) is 11.1 Å². The topological polar surface area (TPSA) is 77.2 Å². The van der Waals surface area contributed by atoms with Gasteiger partial charge in [-0.3, -0.25) is 0 Å². The zero-order chi connectivity index (χ0) is 13.9. The summed E-state index contributed by atoms with van der Waals surface area (Å²) in [6.45, 7) is 2.25. The standard InChI is InChI=1S/C14H17N3O3/c18-14(19)11-4-5-12-13(8-11)17(16-15-12)6-1-7-20-9-10-2-3-10/h4-5,8,10H,1-3,6-7,9H2,(H,18,19). The van der Waals surface area contributed by atoms with E-state index in [0.717, 1.165) is 24.5 Å². The van der Waals surface area contributed by atoms with Crippen LogP contribution in [0.2, 0.25) is 0 Å². The summed E-state index contributed by atoms with van der Waals surface area (Å²) in [5, 5.41) is 17.1. The number of nitrogens with zero attached hydrogens (tertiary/aromatic N) is 3. The average Bonchev–Trinajstić information content (AvgIpc) is 3.18. The largest absolute Gasteiger partial charge is 0.478 e. The smallest absolute Gasteiger partial charge is 0.335 e. The van der Waals surface area contributed by atoms with Crippen molar-refractivity contribution in [2.24, 2.45) is 5.92 Å². The Morgan fingerprint density at radius 3 is 3.05 bits per heavy atom. The number of ether oxygens (including phenoxy) is 1. The number of hydrogen-bond acceptors (Lipinski definition) is 4. The van der Waals surface area contributed by atoms with E-state index in [1.807, 2.05) is 0 Å². The predicted molar refractivity (Wildman–Crippen MR) is 72.6 cm³/mol. The van der Waals surface area contributed by atoms with Gasteiger partial charge in [0.15, 0.2) is 0 Å². The van der Waals surface area contributed by atoms with Crippen molar-refractivity contribution in [3.63, 3.8) is 0 Å². The van der Waals surface area contributed by atoms with E-state index < -0.39 is 5.97 Å². The number of carboxylic acid groups (broad SMARTS) is 1. The van der Waals surface area contributed by atoms with Crippen LogP contribution in [-0.2, 0) is 11.3 Å². The fourth-order valence-electron chi connectivity index (χ4n) is 2.11. The van der Waals surface area contributed by atoms with E-state index in [1.54, 1.807) is 22.9 Å². The molecule has 6 nitrogen and oxygen atoms in total. The number of benzene rings is 1. The molecule has 0 spiro atoms. The molecule has 0 bridgehead atoms. The maximum absolute atomic E-state index is 11.0. The number of carboxylic acids is 1. The van der Waals surface area contributed by atoms with Crippen molar-refractivity contribution >= 4 is 17.0 Å². The first kappa shape index (κ1) is 13.1. The van der Waals surface area contributed by atoms with Gasteiger partial charge in [-0.2, -0.15) is 0 Å². The summed E-state index contributed by atoms with van der Waals surface area (Å²) < 4.78 is 7.31. The van der Waals surface area contributed by atoms with Crippen molar-refractivity contribution in [1.82, 2.24) is 15.0 Å². The predicted octanol–water partition coefficient (Wildman–Crippen LogP) is 1.95. The highest BCUT2D eigenvalue weighted by Crippen LogP contribution is 2.28. The highest BCUT2D eigenvalue weighted by atomic mass is 16.5. The molecule has 1 aromatic carbocycles. The number of rotatable bonds is 7. The summed E-state index contributed by atoms with van der Waals surface area (Å²) in [7, 11) is 0. The van der Waals surface area contributed by atoms with Crippen LogP contribution < -0.4 is 0 Å². The maximum atomic E-state index is 11.0. The SMILES string of the molecule is O=C(O)c1ccc2nnn(CCCOCC3CC3)c2c1. The number of aromatic carboxylic acids is 1. The van der Waals surface area contributed by atoms with Crippen molar-refractivity contribution in [1.29, 1.82) is 0 Å². The lowest BCUT2D eigenvalue weighted by Gasteiger charge is -2.04. The van der Waals surface area contributed by atoms with Crippen LogP contribution >= 0.6 is 0 Å².